The molecule has 2 unspecified atom stereocenters. The molecule has 0 aliphatic heterocycles. The van der Waals surface area contributed by atoms with E-state index < -0.39 is 12.1 Å². The number of unbranched alkanes of at least 4 members (excludes halogenated alkanes) is 46. The highest BCUT2D eigenvalue weighted by Gasteiger charge is 2.20. The Balaban J connectivity index is 3.44. The molecule has 0 heterocycles. The van der Waals surface area contributed by atoms with Crippen LogP contribution in [0.2, 0.25) is 0 Å². The minimum Gasteiger partial charge on any atom is -0.466 e. The molecule has 0 aliphatic carbocycles. The molecular weight excluding hydrogens is 923 g/mol. The first-order valence-corrected chi connectivity index (χ1v) is 33.7. The maximum absolute atomic E-state index is 12.5. The number of hydrogen-bond acceptors (Lipinski definition) is 5. The SMILES string of the molecule is CCCC/C=C\C/C=C\CCCCCCCC(=O)OCCCCCCCCCCC/C=C\CCCCCCCCCC(=O)NC(CO)C(O)CCCCCCCCCCCCCCCCCCCCCCCCCC. The maximum Gasteiger partial charge on any atom is 0.305 e. The van der Waals surface area contributed by atoms with Gasteiger partial charge in [-0.3, -0.25) is 9.59 Å². The molecule has 0 fully saturated rings. The lowest BCUT2D eigenvalue weighted by Crippen LogP contribution is -2.45. The molecule has 1 amide bonds. The van der Waals surface area contributed by atoms with Crippen LogP contribution in [0.1, 0.15) is 367 Å². The van der Waals surface area contributed by atoms with Crippen molar-refractivity contribution in [1.29, 1.82) is 0 Å². The second kappa shape index (κ2) is 64.6. The number of carbonyl (C=O) groups excluding carboxylic acids is 2. The van der Waals surface area contributed by atoms with E-state index in [0.717, 1.165) is 51.4 Å². The second-order valence-electron chi connectivity index (χ2n) is 23.1. The molecule has 0 aromatic heterocycles. The number of aliphatic hydroxyl groups excluding tert-OH is 2. The summed E-state index contributed by atoms with van der Waals surface area (Å²) in [6.45, 7) is 4.92. The van der Waals surface area contributed by atoms with Crippen LogP contribution in [0.4, 0.5) is 0 Å². The molecule has 0 saturated carbocycles. The van der Waals surface area contributed by atoms with Gasteiger partial charge in [-0.15, -0.1) is 0 Å². The van der Waals surface area contributed by atoms with Crippen LogP contribution < -0.4 is 5.32 Å². The molecule has 0 rings (SSSR count). The third-order valence-electron chi connectivity index (χ3n) is 15.7. The monoisotopic (exact) mass is 1050 g/mol. The molecule has 75 heavy (non-hydrogen) atoms. The van der Waals surface area contributed by atoms with Crippen LogP contribution in [-0.2, 0) is 14.3 Å². The van der Waals surface area contributed by atoms with Crippen molar-refractivity contribution in [2.24, 2.45) is 0 Å². The number of nitrogens with one attached hydrogen (secondary N) is 1. The summed E-state index contributed by atoms with van der Waals surface area (Å²) in [5, 5.41) is 23.4. The second-order valence-corrected chi connectivity index (χ2v) is 23.1. The van der Waals surface area contributed by atoms with Gasteiger partial charge in [0.2, 0.25) is 5.91 Å². The smallest absolute Gasteiger partial charge is 0.305 e. The number of hydrogen-bond donors (Lipinski definition) is 3. The zero-order chi connectivity index (χ0) is 54.3. The van der Waals surface area contributed by atoms with Gasteiger partial charge < -0.3 is 20.3 Å². The lowest BCUT2D eigenvalue weighted by Gasteiger charge is -2.22. The highest BCUT2D eigenvalue weighted by atomic mass is 16.5. The van der Waals surface area contributed by atoms with E-state index in [2.05, 4.69) is 55.6 Å². The van der Waals surface area contributed by atoms with E-state index in [4.69, 9.17) is 4.74 Å². The fraction of sp³-hybridized carbons (Fsp3) is 0.884. The zero-order valence-electron chi connectivity index (χ0n) is 50.5. The van der Waals surface area contributed by atoms with E-state index in [0.29, 0.717) is 25.9 Å². The van der Waals surface area contributed by atoms with Gasteiger partial charge in [-0.2, -0.15) is 0 Å². The standard InChI is InChI=1S/C69H131NO5/c1-3-5-7-9-11-13-15-17-19-20-21-22-23-24-25-28-31-34-37-41-45-49-53-57-61-67(72)66(65-71)70-68(73)62-58-54-50-46-42-38-35-32-29-26-27-30-33-36-40-44-48-52-56-60-64-75-69(74)63-59-55-51-47-43-39-18-16-14-12-10-8-6-4-2/h10,12,16,18,26,29,66-67,71-72H,3-9,11,13-15,17,19-25,27-28,30-65H2,1-2H3,(H,70,73)/b12-10-,18-16-,29-26-. The number of ether oxygens (including phenoxy) is 1. The van der Waals surface area contributed by atoms with E-state index in [1.54, 1.807) is 0 Å². The van der Waals surface area contributed by atoms with Gasteiger partial charge in [0, 0.05) is 12.8 Å². The highest BCUT2D eigenvalue weighted by molar-refractivity contribution is 5.76. The van der Waals surface area contributed by atoms with Crippen LogP contribution in [0, 0.1) is 0 Å². The molecule has 3 N–H and O–H groups in total. The summed E-state index contributed by atoms with van der Waals surface area (Å²) in [4.78, 5) is 24.6. The first kappa shape index (κ1) is 73.1. The van der Waals surface area contributed by atoms with E-state index >= 15 is 0 Å². The predicted molar refractivity (Wildman–Crippen MR) is 329 cm³/mol. The summed E-state index contributed by atoms with van der Waals surface area (Å²) in [5.74, 6) is -0.0480. The van der Waals surface area contributed by atoms with Crippen LogP contribution in [0.15, 0.2) is 36.5 Å². The van der Waals surface area contributed by atoms with E-state index in [1.807, 2.05) is 0 Å². The van der Waals surface area contributed by atoms with Crippen LogP contribution >= 0.6 is 0 Å². The minimum absolute atomic E-state index is 0.00783. The first-order chi connectivity index (χ1) is 37.0. The molecule has 6 heteroatoms. The summed E-state index contributed by atoms with van der Waals surface area (Å²) in [6.07, 6.45) is 81.7. The lowest BCUT2D eigenvalue weighted by atomic mass is 10.0. The Bertz CT molecular complexity index is 1210. The van der Waals surface area contributed by atoms with Gasteiger partial charge in [-0.1, -0.05) is 314 Å². The minimum atomic E-state index is -0.672. The maximum atomic E-state index is 12.5. The van der Waals surface area contributed by atoms with E-state index in [-0.39, 0.29) is 18.5 Å². The summed E-state index contributed by atoms with van der Waals surface area (Å²) in [6, 6.07) is -0.550. The van der Waals surface area contributed by atoms with Crippen LogP contribution in [-0.4, -0.2) is 47.4 Å². The Kier molecular flexibility index (Phi) is 63.0. The Morgan fingerprint density at radius 1 is 0.373 bits per heavy atom. The van der Waals surface area contributed by atoms with Gasteiger partial charge in [0.1, 0.15) is 0 Å². The van der Waals surface area contributed by atoms with Crippen molar-refractivity contribution in [1.82, 2.24) is 5.32 Å². The molecule has 2 atom stereocenters. The van der Waals surface area contributed by atoms with Crippen LogP contribution in [0.25, 0.3) is 0 Å². The van der Waals surface area contributed by atoms with E-state index in [1.165, 1.54) is 283 Å². The van der Waals surface area contributed by atoms with Crippen molar-refractivity contribution in [3.8, 4) is 0 Å². The molecule has 0 aromatic carbocycles. The van der Waals surface area contributed by atoms with Crippen molar-refractivity contribution in [3.63, 3.8) is 0 Å². The molecule has 0 spiro atoms. The van der Waals surface area contributed by atoms with Crippen LogP contribution in [0.5, 0.6) is 0 Å². The Hall–Kier alpha value is -1.92. The Morgan fingerprint density at radius 3 is 1.07 bits per heavy atom. The number of esters is 1. The molecule has 0 radical (unpaired) electrons. The van der Waals surface area contributed by atoms with Gasteiger partial charge >= 0.3 is 5.97 Å². The number of amides is 1. The van der Waals surface area contributed by atoms with Gasteiger partial charge in [0.05, 0.1) is 25.4 Å². The summed E-state index contributed by atoms with van der Waals surface area (Å²) in [5.41, 5.74) is 0. The summed E-state index contributed by atoms with van der Waals surface area (Å²) in [7, 11) is 0. The molecule has 442 valence electrons. The van der Waals surface area contributed by atoms with Gasteiger partial charge in [-0.05, 0) is 77.0 Å². The van der Waals surface area contributed by atoms with Gasteiger partial charge in [0.15, 0.2) is 0 Å². The molecule has 6 nitrogen and oxygen atoms in total. The molecule has 0 saturated heterocycles. The fourth-order valence-electron chi connectivity index (χ4n) is 10.5. The average Bonchev–Trinajstić information content (AvgIpc) is 3.41. The topological polar surface area (TPSA) is 95.9 Å². The number of rotatable bonds is 63. The third kappa shape index (κ3) is 61.2. The highest BCUT2D eigenvalue weighted by Crippen LogP contribution is 2.18. The Morgan fingerprint density at radius 2 is 0.680 bits per heavy atom. The summed E-state index contributed by atoms with van der Waals surface area (Å²) < 4.78 is 5.47. The first-order valence-electron chi connectivity index (χ1n) is 33.7. The van der Waals surface area contributed by atoms with Gasteiger partial charge in [0.25, 0.3) is 0 Å². The zero-order valence-corrected chi connectivity index (χ0v) is 50.5. The largest absolute Gasteiger partial charge is 0.466 e. The van der Waals surface area contributed by atoms with Crippen molar-refractivity contribution in [3.05, 3.63) is 36.5 Å². The van der Waals surface area contributed by atoms with E-state index in [9.17, 15) is 19.8 Å². The fourth-order valence-corrected chi connectivity index (χ4v) is 10.5. The van der Waals surface area contributed by atoms with Crippen molar-refractivity contribution >= 4 is 11.9 Å². The van der Waals surface area contributed by atoms with Crippen molar-refractivity contribution in [2.45, 2.75) is 379 Å². The van der Waals surface area contributed by atoms with Crippen molar-refractivity contribution in [2.75, 3.05) is 13.2 Å². The molecule has 0 aliphatic rings. The summed E-state index contributed by atoms with van der Waals surface area (Å²) >= 11 is 0. The Labute approximate surface area is 468 Å². The van der Waals surface area contributed by atoms with Crippen LogP contribution in [0.3, 0.4) is 0 Å². The number of allylic oxidation sites excluding steroid dienone is 6. The number of aliphatic hydroxyl groups is 2. The lowest BCUT2D eigenvalue weighted by molar-refractivity contribution is -0.143. The van der Waals surface area contributed by atoms with Crippen molar-refractivity contribution < 1.29 is 24.5 Å². The normalized spacial score (nSPS) is 12.7. The predicted octanol–water partition coefficient (Wildman–Crippen LogP) is 21.5. The molecule has 0 aromatic rings. The van der Waals surface area contributed by atoms with Gasteiger partial charge in [-0.25, -0.2) is 0 Å². The molecular formula is C69H131NO5. The average molecular weight is 1050 g/mol. The number of carbonyl (C=O) groups is 2. The quantitative estimate of drug-likeness (QED) is 0.0320. The third-order valence-corrected chi connectivity index (χ3v) is 15.7. The molecule has 0 bridgehead atoms.